The fraction of sp³-hybridized carbons (Fsp3) is 0.429. The van der Waals surface area contributed by atoms with Gasteiger partial charge < -0.3 is 4.74 Å². The summed E-state index contributed by atoms with van der Waals surface area (Å²) in [5, 5.41) is 4.75. The lowest BCUT2D eigenvalue weighted by Crippen LogP contribution is -2.37. The average molecular weight is 262 g/mol. The number of hydrogen-bond acceptors (Lipinski definition) is 3. The zero-order valence-corrected chi connectivity index (χ0v) is 10.9. The summed E-state index contributed by atoms with van der Waals surface area (Å²) in [6.07, 6.45) is 2.15. The van der Waals surface area contributed by atoms with Gasteiger partial charge in [0.05, 0.1) is 23.2 Å². The Kier molecular flexibility index (Phi) is 2.67. The number of fused-ring (bicyclic) bond motifs is 1. The van der Waals surface area contributed by atoms with E-state index in [0.717, 1.165) is 6.42 Å². The van der Waals surface area contributed by atoms with Crippen LogP contribution in [0.3, 0.4) is 0 Å². The van der Waals surface area contributed by atoms with Gasteiger partial charge in [-0.3, -0.25) is 4.79 Å². The minimum Gasteiger partial charge on any atom is -0.373 e. The lowest BCUT2D eigenvalue weighted by Gasteiger charge is -2.26. The van der Waals surface area contributed by atoms with Gasteiger partial charge in [0.1, 0.15) is 5.82 Å². The molecule has 1 aliphatic rings. The van der Waals surface area contributed by atoms with Crippen LogP contribution in [-0.4, -0.2) is 22.0 Å². The van der Waals surface area contributed by atoms with Gasteiger partial charge in [-0.1, -0.05) is 6.07 Å². The zero-order chi connectivity index (χ0) is 13.6. The number of benzene rings is 1. The topological polar surface area (TPSA) is 44.1 Å². The molecule has 0 radical (unpaired) electrons. The van der Waals surface area contributed by atoms with E-state index in [2.05, 4.69) is 5.10 Å². The summed E-state index contributed by atoms with van der Waals surface area (Å²) in [4.78, 5) is 12.4. The predicted molar refractivity (Wildman–Crippen MR) is 69.6 cm³/mol. The largest absolute Gasteiger partial charge is 0.373 e. The molecular formula is C14H15FN2O2. The number of nitrogens with zero attached hydrogens (tertiary/aromatic N) is 2. The van der Waals surface area contributed by atoms with Crippen LogP contribution in [0.5, 0.6) is 0 Å². The van der Waals surface area contributed by atoms with E-state index in [-0.39, 0.29) is 17.0 Å². The molecule has 2 aromatic rings. The van der Waals surface area contributed by atoms with Gasteiger partial charge in [0.25, 0.3) is 5.56 Å². The summed E-state index contributed by atoms with van der Waals surface area (Å²) in [5.74, 6) is -0.420. The summed E-state index contributed by atoms with van der Waals surface area (Å²) in [7, 11) is 0. The highest BCUT2D eigenvalue weighted by Gasteiger charge is 2.38. The molecule has 1 aromatic heterocycles. The minimum atomic E-state index is -0.433. The molecule has 0 amide bonds. The average Bonchev–Trinajstić information content (AvgIpc) is 2.71. The van der Waals surface area contributed by atoms with Crippen molar-refractivity contribution in [2.75, 3.05) is 6.61 Å². The Hall–Kier alpha value is -1.75. The van der Waals surface area contributed by atoms with Crippen LogP contribution in [0.25, 0.3) is 10.8 Å². The van der Waals surface area contributed by atoms with Crippen molar-refractivity contribution in [2.45, 2.75) is 31.9 Å². The van der Waals surface area contributed by atoms with Crippen molar-refractivity contribution in [1.82, 2.24) is 9.78 Å². The Morgan fingerprint density at radius 2 is 2.21 bits per heavy atom. The molecule has 1 saturated heterocycles. The first-order valence-electron chi connectivity index (χ1n) is 6.31. The Labute approximate surface area is 109 Å². The van der Waals surface area contributed by atoms with Crippen molar-refractivity contribution in [3.05, 3.63) is 40.6 Å². The van der Waals surface area contributed by atoms with Gasteiger partial charge in [-0.15, -0.1) is 0 Å². The molecule has 3 rings (SSSR count). The lowest BCUT2D eigenvalue weighted by atomic mass is 9.99. The number of halogens is 1. The fourth-order valence-corrected chi connectivity index (χ4v) is 2.67. The van der Waals surface area contributed by atoms with E-state index in [0.29, 0.717) is 12.0 Å². The molecule has 1 aromatic carbocycles. The molecule has 100 valence electrons. The summed E-state index contributed by atoms with van der Waals surface area (Å²) >= 11 is 0. The van der Waals surface area contributed by atoms with Crippen molar-refractivity contribution in [2.24, 2.45) is 0 Å². The number of rotatable bonds is 1. The van der Waals surface area contributed by atoms with Crippen LogP contribution in [0.15, 0.2) is 29.2 Å². The van der Waals surface area contributed by atoms with Crippen molar-refractivity contribution < 1.29 is 9.13 Å². The van der Waals surface area contributed by atoms with Crippen LogP contribution in [0.4, 0.5) is 4.39 Å². The highest BCUT2D eigenvalue weighted by atomic mass is 19.1. The third kappa shape index (κ3) is 1.85. The summed E-state index contributed by atoms with van der Waals surface area (Å²) in [6.45, 7) is 4.48. The standard InChI is InChI=1S/C14H15FN2O2/c1-14(2)12(6-7-19-14)17-13(18)9-4-3-5-11(15)10(9)8-16-17/h3-5,8,12H,6-7H2,1-2H3. The first-order chi connectivity index (χ1) is 9.00. The lowest BCUT2D eigenvalue weighted by molar-refractivity contribution is 0.0109. The molecule has 2 heterocycles. The Bertz CT molecular complexity index is 693. The van der Waals surface area contributed by atoms with Gasteiger partial charge in [-0.2, -0.15) is 5.10 Å². The van der Waals surface area contributed by atoms with Gasteiger partial charge in [-0.25, -0.2) is 9.07 Å². The van der Waals surface area contributed by atoms with Gasteiger partial charge in [0.15, 0.2) is 0 Å². The van der Waals surface area contributed by atoms with Gasteiger partial charge in [-0.05, 0) is 32.4 Å². The quantitative estimate of drug-likeness (QED) is 0.792. The minimum absolute atomic E-state index is 0.118. The van der Waals surface area contributed by atoms with E-state index in [1.54, 1.807) is 12.1 Å². The molecule has 4 nitrogen and oxygen atoms in total. The second kappa shape index (κ2) is 4.13. The first-order valence-corrected chi connectivity index (χ1v) is 6.31. The molecule has 0 bridgehead atoms. The Balaban J connectivity index is 2.22. The molecule has 0 N–H and O–H groups in total. The maximum Gasteiger partial charge on any atom is 0.275 e. The molecule has 0 aliphatic carbocycles. The normalized spacial score (nSPS) is 21.9. The van der Waals surface area contributed by atoms with Crippen LogP contribution in [0.1, 0.15) is 26.3 Å². The monoisotopic (exact) mass is 262 g/mol. The summed E-state index contributed by atoms with van der Waals surface area (Å²) in [6, 6.07) is 4.38. The molecule has 1 aliphatic heterocycles. The van der Waals surface area contributed by atoms with Crippen LogP contribution < -0.4 is 5.56 Å². The Morgan fingerprint density at radius 1 is 1.42 bits per heavy atom. The van der Waals surface area contributed by atoms with Crippen molar-refractivity contribution >= 4 is 10.8 Å². The van der Waals surface area contributed by atoms with Crippen molar-refractivity contribution in [3.63, 3.8) is 0 Å². The maximum absolute atomic E-state index is 13.6. The van der Waals surface area contributed by atoms with Gasteiger partial charge in [0.2, 0.25) is 0 Å². The molecule has 1 atom stereocenters. The highest BCUT2D eigenvalue weighted by Crippen LogP contribution is 2.34. The molecule has 0 saturated carbocycles. The van der Waals surface area contributed by atoms with Crippen LogP contribution in [-0.2, 0) is 4.74 Å². The predicted octanol–water partition coefficient (Wildman–Crippen LogP) is 2.28. The van der Waals surface area contributed by atoms with E-state index in [1.807, 2.05) is 13.8 Å². The van der Waals surface area contributed by atoms with Crippen molar-refractivity contribution in [1.29, 1.82) is 0 Å². The molecule has 5 heteroatoms. The third-order valence-corrected chi connectivity index (χ3v) is 3.77. The van der Waals surface area contributed by atoms with Crippen LogP contribution >= 0.6 is 0 Å². The van der Waals surface area contributed by atoms with Gasteiger partial charge in [0, 0.05) is 12.0 Å². The van der Waals surface area contributed by atoms with E-state index >= 15 is 0 Å². The zero-order valence-electron chi connectivity index (χ0n) is 10.9. The molecule has 1 fully saturated rings. The highest BCUT2D eigenvalue weighted by molar-refractivity contribution is 5.81. The second-order valence-electron chi connectivity index (χ2n) is 5.35. The fourth-order valence-electron chi connectivity index (χ4n) is 2.67. The number of ether oxygens (including phenoxy) is 1. The summed E-state index contributed by atoms with van der Waals surface area (Å²) in [5.41, 5.74) is -0.696. The van der Waals surface area contributed by atoms with Crippen LogP contribution in [0.2, 0.25) is 0 Å². The van der Waals surface area contributed by atoms with Gasteiger partial charge >= 0.3 is 0 Å². The first kappa shape index (κ1) is 12.3. The molecular weight excluding hydrogens is 247 g/mol. The second-order valence-corrected chi connectivity index (χ2v) is 5.35. The number of aromatic nitrogens is 2. The Morgan fingerprint density at radius 3 is 2.89 bits per heavy atom. The van der Waals surface area contributed by atoms with Crippen molar-refractivity contribution in [3.8, 4) is 0 Å². The van der Waals surface area contributed by atoms with E-state index < -0.39 is 11.4 Å². The number of hydrogen-bond donors (Lipinski definition) is 0. The SMILES string of the molecule is CC1(C)OCCC1n1ncc2c(F)cccc2c1=O. The van der Waals surface area contributed by atoms with Crippen LogP contribution in [0, 0.1) is 5.82 Å². The molecule has 19 heavy (non-hydrogen) atoms. The maximum atomic E-state index is 13.6. The third-order valence-electron chi connectivity index (χ3n) is 3.77. The van der Waals surface area contributed by atoms with E-state index in [1.165, 1.54) is 16.9 Å². The van der Waals surface area contributed by atoms with E-state index in [9.17, 15) is 9.18 Å². The molecule has 0 spiro atoms. The smallest absolute Gasteiger partial charge is 0.275 e. The summed E-state index contributed by atoms with van der Waals surface area (Å²) < 4.78 is 20.7. The van der Waals surface area contributed by atoms with E-state index in [4.69, 9.17) is 4.74 Å². The molecule has 1 unspecified atom stereocenters.